The average Bonchev–Trinajstić information content (AvgIpc) is 2.55. The standard InChI is InChI=1S/C15H27N3O6/c1-9-13(17-8-19)15(23)14(22)10(24-9)5-3-2-4-6-11(20)18-12(21)7-16/h8-10,13-15,22-23H,2-7,16H2,1H3,(H,17,19)(H,18,20,21)/t9-,10?,13-,14-,15+/m1/s1. The first-order valence-electron chi connectivity index (χ1n) is 8.14. The lowest BCUT2D eigenvalue weighted by Gasteiger charge is -2.41. The van der Waals surface area contributed by atoms with E-state index in [4.69, 9.17) is 10.5 Å². The molecule has 1 rings (SSSR count). The van der Waals surface area contributed by atoms with Gasteiger partial charge in [0.05, 0.1) is 24.8 Å². The van der Waals surface area contributed by atoms with Gasteiger partial charge in [0.1, 0.15) is 12.2 Å². The van der Waals surface area contributed by atoms with Crippen LogP contribution in [0.4, 0.5) is 0 Å². The highest BCUT2D eigenvalue weighted by atomic mass is 16.5. The molecule has 5 atom stereocenters. The van der Waals surface area contributed by atoms with E-state index in [1.165, 1.54) is 0 Å². The summed E-state index contributed by atoms with van der Waals surface area (Å²) in [4.78, 5) is 32.8. The highest BCUT2D eigenvalue weighted by molar-refractivity contribution is 5.95. The van der Waals surface area contributed by atoms with E-state index in [9.17, 15) is 24.6 Å². The Bertz CT molecular complexity index is 433. The molecule has 1 fully saturated rings. The smallest absolute Gasteiger partial charge is 0.240 e. The minimum absolute atomic E-state index is 0.219. The summed E-state index contributed by atoms with van der Waals surface area (Å²) < 4.78 is 5.66. The number of hydrogen-bond donors (Lipinski definition) is 5. The van der Waals surface area contributed by atoms with Crippen LogP contribution in [0, 0.1) is 0 Å². The van der Waals surface area contributed by atoms with E-state index >= 15 is 0 Å². The summed E-state index contributed by atoms with van der Waals surface area (Å²) in [7, 11) is 0. The van der Waals surface area contributed by atoms with Crippen LogP contribution in [0.1, 0.15) is 39.0 Å². The topological polar surface area (TPSA) is 151 Å². The summed E-state index contributed by atoms with van der Waals surface area (Å²) in [6.45, 7) is 1.51. The fourth-order valence-corrected chi connectivity index (χ4v) is 2.78. The number of nitrogens with two attached hydrogens (primary N) is 1. The van der Waals surface area contributed by atoms with Crippen molar-refractivity contribution in [1.29, 1.82) is 0 Å². The number of nitrogens with one attached hydrogen (secondary N) is 2. The van der Waals surface area contributed by atoms with Crippen LogP contribution in [-0.4, -0.2) is 65.4 Å². The lowest BCUT2D eigenvalue weighted by Crippen LogP contribution is -2.61. The summed E-state index contributed by atoms with van der Waals surface area (Å²) >= 11 is 0. The van der Waals surface area contributed by atoms with Crippen LogP contribution in [0.3, 0.4) is 0 Å². The summed E-state index contributed by atoms with van der Waals surface area (Å²) in [5.74, 6) is -0.855. The molecule has 1 aliphatic heterocycles. The molecule has 0 radical (unpaired) electrons. The van der Waals surface area contributed by atoms with Gasteiger partial charge < -0.3 is 26.0 Å². The van der Waals surface area contributed by atoms with Crippen LogP contribution in [0.5, 0.6) is 0 Å². The predicted octanol–water partition coefficient (Wildman–Crippen LogP) is -1.84. The van der Waals surface area contributed by atoms with Crippen molar-refractivity contribution in [2.75, 3.05) is 6.54 Å². The quantitative estimate of drug-likeness (QED) is 0.243. The summed E-state index contributed by atoms with van der Waals surface area (Å²) in [5, 5.41) is 24.7. The van der Waals surface area contributed by atoms with Gasteiger partial charge in [-0.05, 0) is 19.8 Å². The molecule has 1 heterocycles. The Morgan fingerprint density at radius 1 is 1.17 bits per heavy atom. The Balaban J connectivity index is 2.27. The van der Waals surface area contributed by atoms with Crippen molar-refractivity contribution < 1.29 is 29.3 Å². The van der Waals surface area contributed by atoms with E-state index in [1.54, 1.807) is 6.92 Å². The maximum Gasteiger partial charge on any atom is 0.240 e. The van der Waals surface area contributed by atoms with Gasteiger partial charge in [-0.15, -0.1) is 0 Å². The zero-order valence-corrected chi connectivity index (χ0v) is 13.8. The van der Waals surface area contributed by atoms with Crippen molar-refractivity contribution in [2.45, 2.75) is 69.5 Å². The fourth-order valence-electron chi connectivity index (χ4n) is 2.78. The third kappa shape index (κ3) is 6.16. The minimum Gasteiger partial charge on any atom is -0.388 e. The van der Waals surface area contributed by atoms with Crippen LogP contribution < -0.4 is 16.4 Å². The molecule has 0 saturated carbocycles. The number of imide groups is 1. The molecule has 3 amide bonds. The molecule has 9 nitrogen and oxygen atoms in total. The molecular weight excluding hydrogens is 318 g/mol. The molecular formula is C15H27N3O6. The lowest BCUT2D eigenvalue weighted by atomic mass is 9.91. The second kappa shape index (κ2) is 10.3. The molecule has 0 spiro atoms. The highest BCUT2D eigenvalue weighted by Gasteiger charge is 2.41. The maximum atomic E-state index is 11.4. The van der Waals surface area contributed by atoms with Crippen LogP contribution in [0.2, 0.25) is 0 Å². The van der Waals surface area contributed by atoms with Crippen molar-refractivity contribution >= 4 is 18.2 Å². The minimum atomic E-state index is -1.09. The van der Waals surface area contributed by atoms with Crippen LogP contribution >= 0.6 is 0 Å². The number of ether oxygens (including phenoxy) is 1. The number of carbonyl (C=O) groups excluding carboxylic acids is 3. The summed E-state index contributed by atoms with van der Waals surface area (Å²) in [6, 6.07) is -0.641. The van der Waals surface area contributed by atoms with Crippen molar-refractivity contribution in [3.05, 3.63) is 0 Å². The van der Waals surface area contributed by atoms with Crippen LogP contribution in [0.15, 0.2) is 0 Å². The molecule has 24 heavy (non-hydrogen) atoms. The molecule has 1 aliphatic rings. The molecule has 0 bridgehead atoms. The first kappa shape index (κ1) is 20.5. The van der Waals surface area contributed by atoms with Gasteiger partial charge in [-0.3, -0.25) is 19.7 Å². The summed E-state index contributed by atoms with van der Waals surface area (Å²) in [5.41, 5.74) is 5.10. The number of carbonyl (C=O) groups is 3. The fraction of sp³-hybridized carbons (Fsp3) is 0.800. The van der Waals surface area contributed by atoms with E-state index in [0.29, 0.717) is 25.7 Å². The third-order valence-corrected chi connectivity index (χ3v) is 4.11. The van der Waals surface area contributed by atoms with Gasteiger partial charge in [-0.1, -0.05) is 12.8 Å². The van der Waals surface area contributed by atoms with E-state index in [-0.39, 0.29) is 18.9 Å². The Morgan fingerprint density at radius 2 is 1.88 bits per heavy atom. The second-order valence-electron chi connectivity index (χ2n) is 5.95. The Labute approximate surface area is 140 Å². The number of hydrogen-bond acceptors (Lipinski definition) is 7. The first-order chi connectivity index (χ1) is 11.4. The first-order valence-corrected chi connectivity index (χ1v) is 8.14. The van der Waals surface area contributed by atoms with Gasteiger partial charge >= 0.3 is 0 Å². The van der Waals surface area contributed by atoms with E-state index < -0.39 is 36.4 Å². The number of amides is 3. The average molecular weight is 345 g/mol. The van der Waals surface area contributed by atoms with Gasteiger partial charge in [0.15, 0.2) is 0 Å². The zero-order chi connectivity index (χ0) is 18.1. The number of unbranched alkanes of at least 4 members (excludes halogenated alkanes) is 2. The Morgan fingerprint density at radius 3 is 2.50 bits per heavy atom. The van der Waals surface area contributed by atoms with Crippen LogP contribution in [0.25, 0.3) is 0 Å². The monoisotopic (exact) mass is 345 g/mol. The van der Waals surface area contributed by atoms with Gasteiger partial charge in [0, 0.05) is 6.42 Å². The van der Waals surface area contributed by atoms with Gasteiger partial charge in [-0.25, -0.2) is 0 Å². The number of aliphatic hydroxyl groups is 2. The molecule has 0 aromatic carbocycles. The maximum absolute atomic E-state index is 11.4. The van der Waals surface area contributed by atoms with E-state index in [2.05, 4.69) is 10.6 Å². The largest absolute Gasteiger partial charge is 0.388 e. The van der Waals surface area contributed by atoms with Crippen molar-refractivity contribution in [2.24, 2.45) is 5.73 Å². The van der Waals surface area contributed by atoms with Gasteiger partial charge in [0.2, 0.25) is 18.2 Å². The number of rotatable bonds is 9. The molecule has 9 heteroatoms. The van der Waals surface area contributed by atoms with Crippen molar-refractivity contribution in [1.82, 2.24) is 10.6 Å². The van der Waals surface area contributed by atoms with Crippen LogP contribution in [-0.2, 0) is 19.1 Å². The third-order valence-electron chi connectivity index (χ3n) is 4.11. The molecule has 0 aromatic rings. The molecule has 138 valence electrons. The summed E-state index contributed by atoms with van der Waals surface area (Å²) in [6.07, 6.45) is 0.146. The van der Waals surface area contributed by atoms with Gasteiger partial charge in [0.25, 0.3) is 0 Å². The predicted molar refractivity (Wildman–Crippen MR) is 84.6 cm³/mol. The SMILES string of the molecule is C[C@H]1OC(CCCCCC(=O)NC(=O)CN)[C@@H](O)[C@@H](O)[C@@H]1NC=O. The highest BCUT2D eigenvalue weighted by Crippen LogP contribution is 2.24. The molecule has 1 unspecified atom stereocenters. The zero-order valence-electron chi connectivity index (χ0n) is 13.8. The molecule has 1 saturated heterocycles. The normalized spacial score (nSPS) is 29.8. The molecule has 0 aliphatic carbocycles. The van der Waals surface area contributed by atoms with Crippen molar-refractivity contribution in [3.8, 4) is 0 Å². The number of aliphatic hydroxyl groups excluding tert-OH is 2. The Hall–Kier alpha value is -1.55. The van der Waals surface area contributed by atoms with Gasteiger partial charge in [-0.2, -0.15) is 0 Å². The van der Waals surface area contributed by atoms with E-state index in [1.807, 2.05) is 0 Å². The molecule has 0 aromatic heterocycles. The lowest BCUT2D eigenvalue weighted by molar-refractivity contribution is -0.181. The second-order valence-corrected chi connectivity index (χ2v) is 5.95. The Kier molecular flexibility index (Phi) is 8.83. The van der Waals surface area contributed by atoms with E-state index in [0.717, 1.165) is 6.42 Å². The van der Waals surface area contributed by atoms with Crippen molar-refractivity contribution in [3.63, 3.8) is 0 Å². The molecule has 6 N–H and O–H groups in total.